The smallest absolute Gasteiger partial charge is 0.237 e. The average molecular weight is 598 g/mol. The van der Waals surface area contributed by atoms with Crippen molar-refractivity contribution in [2.75, 3.05) is 0 Å². The summed E-state index contributed by atoms with van der Waals surface area (Å²) < 4.78 is 70.5. The minimum atomic E-state index is -4.88. The van der Waals surface area contributed by atoms with Crippen LogP contribution in [0, 0.1) is 72.3 Å². The van der Waals surface area contributed by atoms with Gasteiger partial charge in [-0.1, -0.05) is 24.3 Å². The van der Waals surface area contributed by atoms with E-state index in [9.17, 15) is 29.0 Å². The SMILES string of the molecule is [C-]#[N+]C1=C(c2ccc(C)cc2F)/C(=C(/C#N)[N+]#[C-])c2cc3c(cc21)/C(=C(/C#N)[N+]#[C-])C(c1ccc(C(F)(F)F)cc1F)=C3C#N. The molecule has 0 amide bonds. The molecular formula is C34H11F5N6. The molecule has 3 aromatic carbocycles. The van der Waals surface area contributed by atoms with E-state index >= 15 is 8.78 Å². The highest BCUT2D eigenvalue weighted by Crippen LogP contribution is 2.55. The predicted molar refractivity (Wildman–Crippen MR) is 153 cm³/mol. The monoisotopic (exact) mass is 598 g/mol. The lowest BCUT2D eigenvalue weighted by molar-refractivity contribution is -0.137. The van der Waals surface area contributed by atoms with Gasteiger partial charge in [0.15, 0.2) is 0 Å². The van der Waals surface area contributed by atoms with Crippen molar-refractivity contribution in [3.63, 3.8) is 0 Å². The van der Waals surface area contributed by atoms with Crippen LogP contribution in [0.2, 0.25) is 0 Å². The first-order chi connectivity index (χ1) is 21.4. The number of benzene rings is 3. The van der Waals surface area contributed by atoms with Crippen LogP contribution in [-0.4, -0.2) is 0 Å². The number of allylic oxidation sites excluding steroid dienone is 7. The molecule has 0 fully saturated rings. The summed E-state index contributed by atoms with van der Waals surface area (Å²) >= 11 is 0. The van der Waals surface area contributed by atoms with Gasteiger partial charge in [-0.2, -0.15) is 18.4 Å². The van der Waals surface area contributed by atoms with Crippen LogP contribution in [0.5, 0.6) is 0 Å². The van der Waals surface area contributed by atoms with Gasteiger partial charge in [0, 0.05) is 22.3 Å². The molecule has 0 saturated carbocycles. The second-order valence-electron chi connectivity index (χ2n) is 9.71. The molecule has 0 radical (unpaired) electrons. The third-order valence-corrected chi connectivity index (χ3v) is 7.30. The fourth-order valence-electron chi connectivity index (χ4n) is 5.44. The van der Waals surface area contributed by atoms with E-state index in [0.717, 1.165) is 6.07 Å². The number of alkyl halides is 3. The lowest BCUT2D eigenvalue weighted by Gasteiger charge is -2.13. The second-order valence-corrected chi connectivity index (χ2v) is 9.71. The Morgan fingerprint density at radius 3 is 1.73 bits per heavy atom. The van der Waals surface area contributed by atoms with Crippen molar-refractivity contribution in [3.8, 4) is 18.2 Å². The summed E-state index contributed by atoms with van der Waals surface area (Å²) in [6, 6.07) is 13.8. The Labute approximate surface area is 252 Å². The Morgan fingerprint density at radius 2 is 1.22 bits per heavy atom. The number of nitriles is 3. The van der Waals surface area contributed by atoms with Gasteiger partial charge in [0.25, 0.3) is 11.4 Å². The summed E-state index contributed by atoms with van der Waals surface area (Å²) in [7, 11) is 0. The Morgan fingerprint density at radius 1 is 0.689 bits per heavy atom. The summed E-state index contributed by atoms with van der Waals surface area (Å²) in [6.45, 7) is 24.8. The molecule has 6 nitrogen and oxygen atoms in total. The van der Waals surface area contributed by atoms with Gasteiger partial charge in [-0.3, -0.25) is 0 Å². The van der Waals surface area contributed by atoms with Gasteiger partial charge in [-0.05, 0) is 70.2 Å². The van der Waals surface area contributed by atoms with E-state index in [1.807, 2.05) is 6.07 Å². The second kappa shape index (κ2) is 10.8. The zero-order valence-electron chi connectivity index (χ0n) is 22.7. The first kappa shape index (κ1) is 29.7. The van der Waals surface area contributed by atoms with Gasteiger partial charge in [-0.25, -0.2) is 33.8 Å². The van der Waals surface area contributed by atoms with Crippen molar-refractivity contribution in [2.24, 2.45) is 0 Å². The lowest BCUT2D eigenvalue weighted by atomic mass is 9.91. The average Bonchev–Trinajstić information content (AvgIpc) is 3.48. The van der Waals surface area contributed by atoms with E-state index in [-0.39, 0.29) is 67.4 Å². The van der Waals surface area contributed by atoms with Crippen LogP contribution in [0.1, 0.15) is 44.5 Å². The quantitative estimate of drug-likeness (QED) is 0.168. The van der Waals surface area contributed by atoms with Crippen LogP contribution in [0.4, 0.5) is 22.0 Å². The van der Waals surface area contributed by atoms with Crippen LogP contribution in [0.15, 0.2) is 59.9 Å². The van der Waals surface area contributed by atoms with Crippen LogP contribution in [0.3, 0.4) is 0 Å². The highest BCUT2D eigenvalue weighted by Gasteiger charge is 2.39. The number of nitrogens with zero attached hydrogens (tertiary/aromatic N) is 6. The summed E-state index contributed by atoms with van der Waals surface area (Å²) in [5.41, 5.74) is -3.40. The van der Waals surface area contributed by atoms with Crippen molar-refractivity contribution in [2.45, 2.75) is 13.1 Å². The van der Waals surface area contributed by atoms with Gasteiger partial charge in [0.05, 0.1) is 43.0 Å². The Bertz CT molecular complexity index is 2260. The normalized spacial score (nSPS) is 15.6. The van der Waals surface area contributed by atoms with Crippen LogP contribution < -0.4 is 0 Å². The summed E-state index contributed by atoms with van der Waals surface area (Å²) in [4.78, 5) is 10.1. The predicted octanol–water partition coefficient (Wildman–Crippen LogP) is 8.85. The molecule has 11 heteroatoms. The van der Waals surface area contributed by atoms with E-state index in [1.165, 1.54) is 24.3 Å². The van der Waals surface area contributed by atoms with Crippen molar-refractivity contribution in [3.05, 3.63) is 150 Å². The first-order valence-corrected chi connectivity index (χ1v) is 12.6. The maximum atomic E-state index is 15.3. The molecule has 0 saturated heterocycles. The number of aryl methyl sites for hydroxylation is 1. The standard InChI is InChI=1S/C34H11F5N6/c1-16-5-7-19(25(35)9-16)32-31(28(15-42)44-3)22-11-20-21(12-23(22)33(32)45-4)30(27(14-41)43-2)29(24(20)13-40)18-8-6-17(10-26(18)36)34(37,38)39/h5-12H,1H3/b30-27+,31-28-. The molecule has 0 aromatic heterocycles. The molecule has 0 bridgehead atoms. The minimum Gasteiger partial charge on any atom is -0.237 e. The van der Waals surface area contributed by atoms with Gasteiger partial charge >= 0.3 is 6.18 Å². The van der Waals surface area contributed by atoms with Crippen LogP contribution >= 0.6 is 0 Å². The molecule has 5 rings (SSSR count). The minimum absolute atomic E-state index is 0.00618. The highest BCUT2D eigenvalue weighted by atomic mass is 19.4. The van der Waals surface area contributed by atoms with Gasteiger partial charge in [0.1, 0.15) is 17.7 Å². The van der Waals surface area contributed by atoms with E-state index in [4.69, 9.17) is 19.7 Å². The van der Waals surface area contributed by atoms with Gasteiger partial charge in [0.2, 0.25) is 5.70 Å². The molecule has 212 valence electrons. The van der Waals surface area contributed by atoms with Crippen LogP contribution in [-0.2, 0) is 6.18 Å². The molecule has 0 unspecified atom stereocenters. The summed E-state index contributed by atoms with van der Waals surface area (Å²) in [6.07, 6.45) is -4.88. The summed E-state index contributed by atoms with van der Waals surface area (Å²) in [5.74, 6) is -2.10. The van der Waals surface area contributed by atoms with E-state index in [2.05, 4.69) is 14.5 Å². The zero-order chi connectivity index (χ0) is 32.8. The molecule has 0 N–H and O–H groups in total. The molecule has 2 aliphatic rings. The number of hydrogen-bond acceptors (Lipinski definition) is 3. The molecule has 0 spiro atoms. The van der Waals surface area contributed by atoms with Gasteiger partial charge in [-0.15, -0.1) is 0 Å². The topological polar surface area (TPSA) is 84.4 Å². The number of fused-ring (bicyclic) bond motifs is 2. The number of halogens is 5. The van der Waals surface area contributed by atoms with Crippen LogP contribution in [0.25, 0.3) is 48.1 Å². The van der Waals surface area contributed by atoms with Crippen molar-refractivity contribution in [1.82, 2.24) is 0 Å². The molecular weight excluding hydrogens is 587 g/mol. The van der Waals surface area contributed by atoms with E-state index in [1.54, 1.807) is 25.1 Å². The Kier molecular flexibility index (Phi) is 7.13. The first-order valence-electron chi connectivity index (χ1n) is 12.6. The highest BCUT2D eigenvalue weighted by molar-refractivity contribution is 6.29. The third kappa shape index (κ3) is 4.50. The van der Waals surface area contributed by atoms with E-state index < -0.39 is 40.3 Å². The molecule has 0 heterocycles. The third-order valence-electron chi connectivity index (χ3n) is 7.30. The fourth-order valence-corrected chi connectivity index (χ4v) is 5.44. The number of hydrogen-bond donors (Lipinski definition) is 0. The molecule has 0 aliphatic heterocycles. The maximum Gasteiger partial charge on any atom is 0.416 e. The Hall–Kier alpha value is -6.79. The van der Waals surface area contributed by atoms with Gasteiger partial charge < -0.3 is 0 Å². The largest absolute Gasteiger partial charge is 0.416 e. The molecule has 0 atom stereocenters. The van der Waals surface area contributed by atoms with Crippen molar-refractivity contribution in [1.29, 1.82) is 15.8 Å². The van der Waals surface area contributed by atoms with Crippen molar-refractivity contribution < 1.29 is 22.0 Å². The molecule has 2 aliphatic carbocycles. The van der Waals surface area contributed by atoms with Crippen molar-refractivity contribution >= 4 is 33.6 Å². The Balaban J connectivity index is 1.92. The summed E-state index contributed by atoms with van der Waals surface area (Å²) in [5, 5.41) is 29.9. The molecule has 3 aromatic rings. The lowest BCUT2D eigenvalue weighted by Crippen LogP contribution is -2.06. The maximum absolute atomic E-state index is 15.3. The zero-order valence-corrected chi connectivity index (χ0v) is 22.7. The van der Waals surface area contributed by atoms with E-state index in [0.29, 0.717) is 11.6 Å². The number of rotatable bonds is 2. The molecule has 45 heavy (non-hydrogen) atoms. The fraction of sp³-hybridized carbons (Fsp3) is 0.0588.